The SMILES string of the molecule is CCCCCCCCCCCCCCCC(=O)OC1=C(O)C(=O)O[C@@H]1[C@@H](O)CO.CCCOC(=O)c1cc(O)c(O)c(O)c1. The fraction of sp³-hybridized carbons (Fsp3) is 0.656. The molecular weight excluding hydrogens is 576 g/mol. The summed E-state index contributed by atoms with van der Waals surface area (Å²) in [4.78, 5) is 34.6. The fourth-order valence-corrected chi connectivity index (χ4v) is 4.38. The third kappa shape index (κ3) is 14.3. The van der Waals surface area contributed by atoms with Crippen molar-refractivity contribution in [3.8, 4) is 17.2 Å². The molecule has 250 valence electrons. The Labute approximate surface area is 259 Å². The number of phenolic OH excluding ortho intramolecular Hbond substituents is 3. The van der Waals surface area contributed by atoms with Crippen LogP contribution in [0.25, 0.3) is 0 Å². The number of unbranched alkanes of at least 4 members (excludes halogenated alkanes) is 12. The van der Waals surface area contributed by atoms with Crippen LogP contribution in [0.2, 0.25) is 0 Å². The lowest BCUT2D eigenvalue weighted by Crippen LogP contribution is -2.33. The first kappa shape index (κ1) is 38.5. The number of rotatable bonds is 20. The Balaban J connectivity index is 0.000000539. The molecule has 0 radical (unpaired) electrons. The average Bonchev–Trinajstić information content (AvgIpc) is 3.28. The zero-order valence-electron chi connectivity index (χ0n) is 26.0. The van der Waals surface area contributed by atoms with Crippen LogP contribution in [-0.4, -0.2) is 74.0 Å². The van der Waals surface area contributed by atoms with Crippen molar-refractivity contribution in [3.63, 3.8) is 0 Å². The molecule has 0 bridgehead atoms. The van der Waals surface area contributed by atoms with Crippen molar-refractivity contribution >= 4 is 17.9 Å². The minimum absolute atomic E-state index is 0.00347. The van der Waals surface area contributed by atoms with Gasteiger partial charge in [-0.15, -0.1) is 0 Å². The first-order valence-electron chi connectivity index (χ1n) is 15.6. The number of carbonyl (C=O) groups excluding carboxylic acids is 3. The number of hydrogen-bond acceptors (Lipinski definition) is 12. The van der Waals surface area contributed by atoms with Crippen LogP contribution in [-0.2, 0) is 23.8 Å². The number of benzene rings is 1. The van der Waals surface area contributed by atoms with Crippen molar-refractivity contribution < 1.29 is 59.2 Å². The normalized spacial score (nSPS) is 14.9. The van der Waals surface area contributed by atoms with Crippen LogP contribution in [0.5, 0.6) is 17.2 Å². The van der Waals surface area contributed by atoms with Crippen molar-refractivity contribution in [3.05, 3.63) is 29.2 Å². The van der Waals surface area contributed by atoms with E-state index in [1.165, 1.54) is 57.8 Å². The molecule has 2 atom stereocenters. The molecule has 1 heterocycles. The summed E-state index contributed by atoms with van der Waals surface area (Å²) in [6.45, 7) is 3.66. The Bertz CT molecular complexity index is 1030. The van der Waals surface area contributed by atoms with E-state index in [1.807, 2.05) is 6.92 Å². The summed E-state index contributed by atoms with van der Waals surface area (Å²) in [5.74, 6) is -5.34. The average molecular weight is 627 g/mol. The Morgan fingerprint density at radius 3 is 1.80 bits per heavy atom. The van der Waals surface area contributed by atoms with Gasteiger partial charge in [-0.3, -0.25) is 4.79 Å². The zero-order chi connectivity index (χ0) is 32.9. The molecule has 1 aromatic rings. The molecule has 2 rings (SSSR count). The minimum Gasteiger partial charge on any atom is -0.504 e. The van der Waals surface area contributed by atoms with Gasteiger partial charge >= 0.3 is 17.9 Å². The summed E-state index contributed by atoms with van der Waals surface area (Å²) in [6, 6.07) is 2.07. The van der Waals surface area contributed by atoms with Gasteiger partial charge in [-0.25, -0.2) is 9.59 Å². The highest BCUT2D eigenvalue weighted by Crippen LogP contribution is 2.35. The summed E-state index contributed by atoms with van der Waals surface area (Å²) in [5.41, 5.74) is -0.00347. The van der Waals surface area contributed by atoms with Gasteiger partial charge < -0.3 is 44.8 Å². The molecule has 0 amide bonds. The minimum atomic E-state index is -1.46. The number of cyclic esters (lactones) is 1. The van der Waals surface area contributed by atoms with Crippen LogP contribution in [0.3, 0.4) is 0 Å². The van der Waals surface area contributed by atoms with Crippen molar-refractivity contribution in [2.24, 2.45) is 0 Å². The number of ether oxygens (including phenoxy) is 3. The molecule has 0 spiro atoms. The molecule has 12 nitrogen and oxygen atoms in total. The Morgan fingerprint density at radius 1 is 0.818 bits per heavy atom. The number of aliphatic hydroxyl groups is 3. The smallest absolute Gasteiger partial charge is 0.378 e. The zero-order valence-corrected chi connectivity index (χ0v) is 26.0. The quantitative estimate of drug-likeness (QED) is 0.0465. The van der Waals surface area contributed by atoms with Crippen LogP contribution in [0.15, 0.2) is 23.7 Å². The van der Waals surface area contributed by atoms with E-state index in [1.54, 1.807) is 0 Å². The Kier molecular flexibility index (Phi) is 19.3. The van der Waals surface area contributed by atoms with Crippen LogP contribution in [0, 0.1) is 0 Å². The Hall–Kier alpha value is -3.51. The van der Waals surface area contributed by atoms with Crippen molar-refractivity contribution in [1.29, 1.82) is 0 Å². The summed E-state index contributed by atoms with van der Waals surface area (Å²) in [7, 11) is 0. The van der Waals surface area contributed by atoms with Gasteiger partial charge in [0, 0.05) is 6.42 Å². The summed E-state index contributed by atoms with van der Waals surface area (Å²) >= 11 is 0. The van der Waals surface area contributed by atoms with Gasteiger partial charge in [-0.1, -0.05) is 90.9 Å². The first-order valence-corrected chi connectivity index (χ1v) is 15.6. The maximum absolute atomic E-state index is 11.9. The van der Waals surface area contributed by atoms with E-state index >= 15 is 0 Å². The molecule has 1 aliphatic rings. The maximum Gasteiger partial charge on any atom is 0.378 e. The van der Waals surface area contributed by atoms with E-state index in [0.717, 1.165) is 31.4 Å². The van der Waals surface area contributed by atoms with E-state index in [4.69, 9.17) is 34.6 Å². The molecule has 0 aromatic heterocycles. The second-order valence-corrected chi connectivity index (χ2v) is 10.8. The highest BCUT2D eigenvalue weighted by molar-refractivity contribution is 5.91. The predicted octanol–water partition coefficient (Wildman–Crippen LogP) is 5.43. The first-order chi connectivity index (χ1) is 21.1. The number of hydrogen-bond donors (Lipinski definition) is 6. The van der Waals surface area contributed by atoms with Gasteiger partial charge in [-0.2, -0.15) is 0 Å². The van der Waals surface area contributed by atoms with Gasteiger partial charge in [0.1, 0.15) is 6.10 Å². The third-order valence-corrected chi connectivity index (χ3v) is 6.91. The lowest BCUT2D eigenvalue weighted by molar-refractivity contribution is -0.151. The number of phenols is 3. The second kappa shape index (κ2) is 22.1. The molecule has 0 unspecified atom stereocenters. The number of esters is 3. The second-order valence-electron chi connectivity index (χ2n) is 10.8. The van der Waals surface area contributed by atoms with Crippen LogP contribution in [0.1, 0.15) is 121 Å². The molecule has 44 heavy (non-hydrogen) atoms. The van der Waals surface area contributed by atoms with Crippen LogP contribution < -0.4 is 0 Å². The van der Waals surface area contributed by atoms with Gasteiger partial charge in [-0.05, 0) is 25.0 Å². The summed E-state index contributed by atoms with van der Waals surface area (Å²) < 4.78 is 14.5. The van der Waals surface area contributed by atoms with Crippen LogP contribution >= 0.6 is 0 Å². The lowest BCUT2D eigenvalue weighted by atomic mass is 10.0. The van der Waals surface area contributed by atoms with Crippen molar-refractivity contribution in [2.75, 3.05) is 13.2 Å². The monoisotopic (exact) mass is 626 g/mol. The van der Waals surface area contributed by atoms with E-state index in [0.29, 0.717) is 12.8 Å². The molecule has 0 saturated carbocycles. The molecule has 12 heteroatoms. The lowest BCUT2D eigenvalue weighted by Gasteiger charge is -2.17. The van der Waals surface area contributed by atoms with Gasteiger partial charge in [0.25, 0.3) is 0 Å². The van der Waals surface area contributed by atoms with Gasteiger partial charge in [0.2, 0.25) is 11.5 Å². The van der Waals surface area contributed by atoms with E-state index < -0.39 is 65.5 Å². The third-order valence-electron chi connectivity index (χ3n) is 6.91. The van der Waals surface area contributed by atoms with E-state index in [9.17, 15) is 24.6 Å². The number of aliphatic hydroxyl groups excluding tert-OH is 3. The molecular formula is C32H50O12. The molecule has 0 saturated heterocycles. The largest absolute Gasteiger partial charge is 0.504 e. The molecule has 6 N–H and O–H groups in total. The van der Waals surface area contributed by atoms with Crippen molar-refractivity contribution in [1.82, 2.24) is 0 Å². The van der Waals surface area contributed by atoms with E-state index in [-0.39, 0.29) is 18.6 Å². The molecule has 0 aliphatic carbocycles. The molecule has 1 aliphatic heterocycles. The fourth-order valence-electron chi connectivity index (χ4n) is 4.38. The van der Waals surface area contributed by atoms with Crippen LogP contribution in [0.4, 0.5) is 0 Å². The topological polar surface area (TPSA) is 200 Å². The molecule has 1 aromatic carbocycles. The number of carbonyl (C=O) groups is 3. The number of aromatic hydroxyl groups is 3. The summed E-state index contributed by atoms with van der Waals surface area (Å²) in [6.07, 6.45) is 13.7. The summed E-state index contributed by atoms with van der Waals surface area (Å²) in [5, 5.41) is 55.5. The van der Waals surface area contributed by atoms with Crippen molar-refractivity contribution in [2.45, 2.75) is 122 Å². The van der Waals surface area contributed by atoms with Gasteiger partial charge in [0.15, 0.2) is 23.4 Å². The standard InChI is InChI=1S/C22H38O7.C10H12O5/c1-2-3-4-5-6-7-8-9-10-11-12-13-14-15-18(25)28-21-19(26)22(27)29-20(21)17(24)16-23;1-2-3-15-10(14)6-4-7(11)9(13)8(12)5-6/h17,20,23-24,26H,2-16H2,1H3;4-5,11-13H,2-3H2,1H3/t17-,20+;/m0./s1. The highest BCUT2D eigenvalue weighted by Gasteiger charge is 2.41. The van der Waals surface area contributed by atoms with Gasteiger partial charge in [0.05, 0.1) is 18.8 Å². The predicted molar refractivity (Wildman–Crippen MR) is 161 cm³/mol. The van der Waals surface area contributed by atoms with E-state index in [2.05, 4.69) is 6.92 Å². The highest BCUT2D eigenvalue weighted by atomic mass is 16.6. The Morgan fingerprint density at radius 2 is 1.32 bits per heavy atom. The molecule has 0 fully saturated rings. The maximum atomic E-state index is 11.9.